The van der Waals surface area contributed by atoms with Gasteiger partial charge in [-0.1, -0.05) is 262 Å². The molecule has 0 aliphatic heterocycles. The molecule has 0 fully saturated rings. The molecule has 0 saturated carbocycles. The molecule has 0 saturated heterocycles. The van der Waals surface area contributed by atoms with Crippen LogP contribution in [0.15, 0.2) is 36.5 Å². The van der Waals surface area contributed by atoms with Gasteiger partial charge in [0.05, 0.1) is 18.8 Å². The maximum absolute atomic E-state index is 12.5. The van der Waals surface area contributed by atoms with Gasteiger partial charge in [0.1, 0.15) is 6.10 Å². The molecule has 5 nitrogen and oxygen atoms in total. The first-order valence-electron chi connectivity index (χ1n) is 25.8. The van der Waals surface area contributed by atoms with Crippen LogP contribution in [0.1, 0.15) is 271 Å². The third kappa shape index (κ3) is 42.7. The Kier molecular flexibility index (Phi) is 47.0. The Hall–Kier alpha value is -1.43. The molecule has 0 spiro atoms. The first-order valence-corrected chi connectivity index (χ1v) is 25.8. The average Bonchev–Trinajstić information content (AvgIpc) is 3.23. The fourth-order valence-corrected chi connectivity index (χ4v) is 7.92. The number of aliphatic hydroxyl groups is 3. The number of nitrogens with one attached hydrogen (secondary N) is 1. The summed E-state index contributed by atoms with van der Waals surface area (Å²) in [4.78, 5) is 12.5. The summed E-state index contributed by atoms with van der Waals surface area (Å²) in [6.07, 6.45) is 62.1. The van der Waals surface area contributed by atoms with Crippen LogP contribution in [0.3, 0.4) is 0 Å². The monoisotopic (exact) mass is 816 g/mol. The van der Waals surface area contributed by atoms with E-state index >= 15 is 0 Å². The smallest absolute Gasteiger partial charge is 0.249 e. The Labute approximate surface area is 362 Å². The Morgan fingerprint density at radius 1 is 0.414 bits per heavy atom. The van der Waals surface area contributed by atoms with Crippen molar-refractivity contribution in [1.82, 2.24) is 5.32 Å². The summed E-state index contributed by atoms with van der Waals surface area (Å²) in [7, 11) is 0. The normalized spacial score (nSPS) is 13.7. The van der Waals surface area contributed by atoms with Crippen molar-refractivity contribution in [2.24, 2.45) is 0 Å². The molecule has 5 heteroatoms. The zero-order valence-electron chi connectivity index (χ0n) is 38.9. The Bertz CT molecular complexity index is 901. The highest BCUT2D eigenvalue weighted by Crippen LogP contribution is 2.17. The van der Waals surface area contributed by atoms with Crippen LogP contribution in [0.4, 0.5) is 0 Å². The summed E-state index contributed by atoms with van der Waals surface area (Å²) < 4.78 is 0. The highest BCUT2D eigenvalue weighted by Gasteiger charge is 2.22. The molecule has 0 aliphatic rings. The highest BCUT2D eigenvalue weighted by molar-refractivity contribution is 5.80. The lowest BCUT2D eigenvalue weighted by Gasteiger charge is -2.21. The van der Waals surface area contributed by atoms with Gasteiger partial charge in [-0.15, -0.1) is 0 Å². The van der Waals surface area contributed by atoms with Gasteiger partial charge < -0.3 is 20.6 Å². The lowest BCUT2D eigenvalue weighted by atomic mass is 10.0. The van der Waals surface area contributed by atoms with E-state index in [4.69, 9.17) is 0 Å². The minimum Gasteiger partial charge on any atom is -0.394 e. The number of allylic oxidation sites excluding steroid dienone is 5. The van der Waals surface area contributed by atoms with E-state index in [2.05, 4.69) is 43.5 Å². The van der Waals surface area contributed by atoms with E-state index in [1.54, 1.807) is 6.08 Å². The zero-order valence-corrected chi connectivity index (χ0v) is 38.9. The standard InChI is InChI=1S/C53H101NO4/c1-3-5-7-9-11-13-15-17-19-21-23-24-25-26-27-28-29-30-32-34-36-38-40-42-44-46-48-52(57)53(58)54-50(49-55)51(56)47-45-43-41-39-37-35-33-31-22-20-18-16-14-12-10-8-6-4-2/h22,31,37,39,45,47,50-52,55-57H,3-21,23-30,32-36,38,40-44,46,48-49H2,1-2H3,(H,54,58)/b31-22+,39-37+,47-45+. The van der Waals surface area contributed by atoms with Crippen molar-refractivity contribution < 1.29 is 20.1 Å². The quantitative estimate of drug-likeness (QED) is 0.0364. The van der Waals surface area contributed by atoms with Crippen LogP contribution < -0.4 is 5.32 Å². The maximum Gasteiger partial charge on any atom is 0.249 e. The minimum atomic E-state index is -1.11. The third-order valence-electron chi connectivity index (χ3n) is 12.0. The van der Waals surface area contributed by atoms with E-state index in [1.807, 2.05) is 6.08 Å². The molecule has 0 radical (unpaired) electrons. The Morgan fingerprint density at radius 2 is 0.707 bits per heavy atom. The molecule has 1 amide bonds. The number of hydrogen-bond donors (Lipinski definition) is 4. The van der Waals surface area contributed by atoms with Gasteiger partial charge >= 0.3 is 0 Å². The van der Waals surface area contributed by atoms with E-state index in [0.29, 0.717) is 6.42 Å². The molecule has 0 aromatic carbocycles. The predicted molar refractivity (Wildman–Crippen MR) is 254 cm³/mol. The summed E-state index contributed by atoms with van der Waals surface area (Å²) >= 11 is 0. The van der Waals surface area contributed by atoms with E-state index in [9.17, 15) is 20.1 Å². The third-order valence-corrected chi connectivity index (χ3v) is 12.0. The Balaban J connectivity index is 3.61. The fraction of sp³-hybridized carbons (Fsp3) is 0.868. The number of rotatable bonds is 47. The molecule has 342 valence electrons. The molecule has 4 N–H and O–H groups in total. The van der Waals surface area contributed by atoms with Gasteiger partial charge in [-0.25, -0.2) is 0 Å². The van der Waals surface area contributed by atoms with Crippen molar-refractivity contribution in [3.05, 3.63) is 36.5 Å². The van der Waals surface area contributed by atoms with Gasteiger partial charge in [0, 0.05) is 0 Å². The van der Waals surface area contributed by atoms with E-state index in [1.165, 1.54) is 205 Å². The van der Waals surface area contributed by atoms with Gasteiger partial charge in [-0.05, 0) is 44.9 Å². The predicted octanol–water partition coefficient (Wildman–Crippen LogP) is 15.5. The summed E-state index contributed by atoms with van der Waals surface area (Å²) in [5, 5.41) is 33.2. The molecule has 0 aromatic rings. The topological polar surface area (TPSA) is 89.8 Å². The summed E-state index contributed by atoms with van der Waals surface area (Å²) in [6.45, 7) is 4.18. The lowest BCUT2D eigenvalue weighted by Crippen LogP contribution is -2.48. The summed E-state index contributed by atoms with van der Waals surface area (Å²) in [5.74, 6) is -0.513. The molecule has 0 aliphatic carbocycles. The van der Waals surface area contributed by atoms with Crippen LogP contribution in [-0.2, 0) is 4.79 Å². The van der Waals surface area contributed by atoms with Crippen molar-refractivity contribution in [3.8, 4) is 0 Å². The Morgan fingerprint density at radius 3 is 1.05 bits per heavy atom. The molecule has 3 atom stereocenters. The first-order chi connectivity index (χ1) is 28.6. The molecule has 58 heavy (non-hydrogen) atoms. The number of carbonyl (C=O) groups is 1. The van der Waals surface area contributed by atoms with Gasteiger partial charge in [0.25, 0.3) is 0 Å². The van der Waals surface area contributed by atoms with E-state index in [-0.39, 0.29) is 6.61 Å². The molecule has 0 aromatic heterocycles. The number of carbonyl (C=O) groups excluding carboxylic acids is 1. The van der Waals surface area contributed by atoms with Crippen molar-refractivity contribution in [1.29, 1.82) is 0 Å². The number of aliphatic hydroxyl groups excluding tert-OH is 3. The maximum atomic E-state index is 12.5. The highest BCUT2D eigenvalue weighted by atomic mass is 16.3. The fourth-order valence-electron chi connectivity index (χ4n) is 7.92. The van der Waals surface area contributed by atoms with Crippen LogP contribution in [0.2, 0.25) is 0 Å². The molecular weight excluding hydrogens is 715 g/mol. The lowest BCUT2D eigenvalue weighted by molar-refractivity contribution is -0.131. The molecular formula is C53H101NO4. The largest absolute Gasteiger partial charge is 0.394 e. The number of hydrogen-bond acceptors (Lipinski definition) is 4. The van der Waals surface area contributed by atoms with Crippen molar-refractivity contribution in [3.63, 3.8) is 0 Å². The zero-order chi connectivity index (χ0) is 42.3. The molecule has 3 unspecified atom stereocenters. The van der Waals surface area contributed by atoms with E-state index < -0.39 is 24.2 Å². The van der Waals surface area contributed by atoms with Gasteiger partial charge in [0.2, 0.25) is 5.91 Å². The van der Waals surface area contributed by atoms with Crippen molar-refractivity contribution >= 4 is 5.91 Å². The van der Waals surface area contributed by atoms with E-state index in [0.717, 1.165) is 44.9 Å². The minimum absolute atomic E-state index is 0.379. The van der Waals surface area contributed by atoms with Crippen LogP contribution in [0.5, 0.6) is 0 Å². The molecule has 0 bridgehead atoms. The molecule has 0 heterocycles. The van der Waals surface area contributed by atoms with Gasteiger partial charge in [-0.3, -0.25) is 4.79 Å². The molecule has 0 rings (SSSR count). The SMILES string of the molecule is CCCCCCCCCC/C=C/CC/C=C/CC/C=C/C(O)C(CO)NC(=O)C(O)CCCCCCCCCCCCCCCCCCCCCCCCCCCC. The van der Waals surface area contributed by atoms with Crippen LogP contribution >= 0.6 is 0 Å². The first kappa shape index (κ1) is 56.6. The van der Waals surface area contributed by atoms with Crippen LogP contribution in [0.25, 0.3) is 0 Å². The second-order valence-electron chi connectivity index (χ2n) is 17.7. The van der Waals surface area contributed by atoms with Gasteiger partial charge in [-0.2, -0.15) is 0 Å². The second kappa shape index (κ2) is 48.2. The van der Waals surface area contributed by atoms with Crippen molar-refractivity contribution in [2.45, 2.75) is 289 Å². The summed E-state index contributed by atoms with van der Waals surface area (Å²) in [6, 6.07) is -0.819. The summed E-state index contributed by atoms with van der Waals surface area (Å²) in [5.41, 5.74) is 0. The van der Waals surface area contributed by atoms with Crippen LogP contribution in [0, 0.1) is 0 Å². The van der Waals surface area contributed by atoms with Gasteiger partial charge in [0.15, 0.2) is 0 Å². The second-order valence-corrected chi connectivity index (χ2v) is 17.7. The average molecular weight is 816 g/mol. The number of amides is 1. The number of unbranched alkanes of at least 4 members (excludes halogenated alkanes) is 35. The van der Waals surface area contributed by atoms with Crippen molar-refractivity contribution in [2.75, 3.05) is 6.61 Å². The van der Waals surface area contributed by atoms with Crippen LogP contribution in [-0.4, -0.2) is 46.1 Å².